The molecule has 0 bridgehead atoms. The first-order chi connectivity index (χ1) is 7.99. The molecular weight excluding hydrogens is 302 g/mol. The van der Waals surface area contributed by atoms with Crippen LogP contribution in [-0.2, 0) is 0 Å². The summed E-state index contributed by atoms with van der Waals surface area (Å²) in [6, 6.07) is 5.82. The van der Waals surface area contributed by atoms with Gasteiger partial charge in [0.2, 0.25) is 0 Å². The highest BCUT2D eigenvalue weighted by Gasteiger charge is 2.20. The quantitative estimate of drug-likeness (QED) is 0.772. The van der Waals surface area contributed by atoms with Crippen molar-refractivity contribution in [3.05, 3.63) is 33.8 Å². The van der Waals surface area contributed by atoms with Crippen LogP contribution in [0, 0.1) is 6.92 Å². The van der Waals surface area contributed by atoms with E-state index < -0.39 is 0 Å². The summed E-state index contributed by atoms with van der Waals surface area (Å²) in [7, 11) is 0. The molecule has 0 aliphatic carbocycles. The van der Waals surface area contributed by atoms with Crippen molar-refractivity contribution in [2.24, 2.45) is 0 Å². The van der Waals surface area contributed by atoms with Crippen LogP contribution in [0.15, 0.2) is 22.7 Å². The molecule has 0 aliphatic rings. The molecule has 0 unspecified atom stereocenters. The van der Waals surface area contributed by atoms with Gasteiger partial charge in [-0.2, -0.15) is 0 Å². The zero-order valence-corrected chi connectivity index (χ0v) is 12.7. The van der Waals surface area contributed by atoms with Gasteiger partial charge in [0.15, 0.2) is 0 Å². The van der Waals surface area contributed by atoms with Gasteiger partial charge >= 0.3 is 0 Å². The summed E-state index contributed by atoms with van der Waals surface area (Å²) in [4.78, 5) is 14.2. The second-order valence-electron chi connectivity index (χ2n) is 4.19. The summed E-state index contributed by atoms with van der Waals surface area (Å²) >= 11 is 9.18. The van der Waals surface area contributed by atoms with Gasteiger partial charge in [0.05, 0.1) is 0 Å². The molecule has 0 radical (unpaired) electrons. The van der Waals surface area contributed by atoms with Crippen LogP contribution >= 0.6 is 27.5 Å². The van der Waals surface area contributed by atoms with Crippen LogP contribution in [0.5, 0.6) is 0 Å². The van der Waals surface area contributed by atoms with Gasteiger partial charge in [-0.05, 0) is 38.5 Å². The summed E-state index contributed by atoms with van der Waals surface area (Å²) in [6.07, 6.45) is 0. The van der Waals surface area contributed by atoms with Crippen LogP contribution in [0.3, 0.4) is 0 Å². The minimum absolute atomic E-state index is 0.0412. The first-order valence-electron chi connectivity index (χ1n) is 5.61. The van der Waals surface area contributed by atoms with E-state index in [1.807, 2.05) is 39.0 Å². The summed E-state index contributed by atoms with van der Waals surface area (Å²) in [5, 5.41) is 0. The first kappa shape index (κ1) is 14.5. The second kappa shape index (κ2) is 6.41. The number of halogens is 2. The van der Waals surface area contributed by atoms with Gasteiger partial charge in [0.1, 0.15) is 0 Å². The first-order valence-corrected chi connectivity index (χ1v) is 6.93. The Morgan fingerprint density at radius 3 is 2.65 bits per heavy atom. The van der Waals surface area contributed by atoms with Crippen molar-refractivity contribution in [1.82, 2.24) is 4.90 Å². The predicted octanol–water partition coefficient (Wildman–Crippen LogP) is 3.85. The highest BCUT2D eigenvalue weighted by molar-refractivity contribution is 9.10. The molecule has 0 fully saturated rings. The molecule has 1 amide bonds. The molecule has 0 atom stereocenters. The number of benzene rings is 1. The maximum absolute atomic E-state index is 12.4. The van der Waals surface area contributed by atoms with Crippen molar-refractivity contribution >= 4 is 33.4 Å². The van der Waals surface area contributed by atoms with Crippen molar-refractivity contribution < 1.29 is 4.79 Å². The van der Waals surface area contributed by atoms with Crippen molar-refractivity contribution in [1.29, 1.82) is 0 Å². The zero-order valence-electron chi connectivity index (χ0n) is 10.3. The minimum Gasteiger partial charge on any atom is -0.335 e. The molecule has 0 aromatic heterocycles. The maximum atomic E-state index is 12.4. The number of alkyl halides is 1. The van der Waals surface area contributed by atoms with E-state index in [-0.39, 0.29) is 11.9 Å². The number of carbonyl (C=O) groups excluding carboxylic acids is 1. The second-order valence-corrected chi connectivity index (χ2v) is 5.43. The molecule has 1 aromatic carbocycles. The lowest BCUT2D eigenvalue weighted by Gasteiger charge is -2.26. The third kappa shape index (κ3) is 3.46. The highest BCUT2D eigenvalue weighted by atomic mass is 79.9. The standard InChI is InChI=1S/C13H17BrClNO/c1-9(2)16(8-7-15)13(17)11-5-4-6-12(14)10(11)3/h4-6,9H,7-8H2,1-3H3. The molecule has 1 rings (SSSR count). The summed E-state index contributed by atoms with van der Waals surface area (Å²) in [6.45, 7) is 6.51. The average molecular weight is 319 g/mol. The van der Waals surface area contributed by atoms with Crippen molar-refractivity contribution in [3.8, 4) is 0 Å². The molecular formula is C13H17BrClNO. The fourth-order valence-corrected chi connectivity index (χ4v) is 2.23. The molecule has 4 heteroatoms. The molecule has 17 heavy (non-hydrogen) atoms. The molecule has 0 N–H and O–H groups in total. The Morgan fingerprint density at radius 2 is 2.12 bits per heavy atom. The number of carbonyl (C=O) groups is 1. The lowest BCUT2D eigenvalue weighted by molar-refractivity contribution is 0.0717. The average Bonchev–Trinajstić information content (AvgIpc) is 2.28. The van der Waals surface area contributed by atoms with E-state index in [1.54, 1.807) is 4.90 Å². The zero-order chi connectivity index (χ0) is 13.0. The SMILES string of the molecule is Cc1c(Br)cccc1C(=O)N(CCCl)C(C)C. The van der Waals surface area contributed by atoms with Gasteiger partial charge in [-0.3, -0.25) is 4.79 Å². The van der Waals surface area contributed by atoms with Crippen LogP contribution in [0.2, 0.25) is 0 Å². The van der Waals surface area contributed by atoms with E-state index in [0.717, 1.165) is 15.6 Å². The fraction of sp³-hybridized carbons (Fsp3) is 0.462. The largest absolute Gasteiger partial charge is 0.335 e. The third-order valence-electron chi connectivity index (χ3n) is 2.71. The van der Waals surface area contributed by atoms with Gasteiger partial charge < -0.3 is 4.90 Å². The number of nitrogens with zero attached hydrogens (tertiary/aromatic N) is 1. The number of rotatable bonds is 4. The minimum atomic E-state index is 0.0412. The van der Waals surface area contributed by atoms with E-state index in [1.165, 1.54) is 0 Å². The van der Waals surface area contributed by atoms with E-state index in [9.17, 15) is 4.79 Å². The van der Waals surface area contributed by atoms with E-state index >= 15 is 0 Å². The van der Waals surface area contributed by atoms with Gasteiger partial charge in [-0.25, -0.2) is 0 Å². The molecule has 0 saturated heterocycles. The molecule has 2 nitrogen and oxygen atoms in total. The Hall–Kier alpha value is -0.540. The number of hydrogen-bond donors (Lipinski definition) is 0. The van der Waals surface area contributed by atoms with Gasteiger partial charge in [0, 0.05) is 28.5 Å². The van der Waals surface area contributed by atoms with Crippen molar-refractivity contribution in [2.75, 3.05) is 12.4 Å². The Kier molecular flexibility index (Phi) is 5.47. The molecule has 94 valence electrons. The van der Waals surface area contributed by atoms with Crippen LogP contribution in [0.1, 0.15) is 29.8 Å². The molecule has 0 spiro atoms. The molecule has 0 heterocycles. The Balaban J connectivity index is 3.05. The van der Waals surface area contributed by atoms with Gasteiger partial charge in [-0.1, -0.05) is 22.0 Å². The van der Waals surface area contributed by atoms with Crippen LogP contribution in [0.25, 0.3) is 0 Å². The number of amides is 1. The van der Waals surface area contributed by atoms with Crippen molar-refractivity contribution in [2.45, 2.75) is 26.8 Å². The summed E-state index contributed by atoms with van der Waals surface area (Å²) in [5.74, 6) is 0.496. The van der Waals surface area contributed by atoms with E-state index in [0.29, 0.717) is 12.4 Å². The smallest absolute Gasteiger partial charge is 0.254 e. The van der Waals surface area contributed by atoms with E-state index in [4.69, 9.17) is 11.6 Å². The van der Waals surface area contributed by atoms with Crippen LogP contribution in [-0.4, -0.2) is 29.3 Å². The normalized spacial score (nSPS) is 10.7. The van der Waals surface area contributed by atoms with Gasteiger partial charge in [-0.15, -0.1) is 11.6 Å². The topological polar surface area (TPSA) is 20.3 Å². The predicted molar refractivity (Wildman–Crippen MR) is 75.8 cm³/mol. The van der Waals surface area contributed by atoms with Gasteiger partial charge in [0.25, 0.3) is 5.91 Å². The van der Waals surface area contributed by atoms with Crippen molar-refractivity contribution in [3.63, 3.8) is 0 Å². The lowest BCUT2D eigenvalue weighted by Crippen LogP contribution is -2.38. The number of hydrogen-bond acceptors (Lipinski definition) is 1. The summed E-state index contributed by atoms with van der Waals surface area (Å²) in [5.41, 5.74) is 1.70. The van der Waals surface area contributed by atoms with E-state index in [2.05, 4.69) is 15.9 Å². The Morgan fingerprint density at radius 1 is 1.47 bits per heavy atom. The summed E-state index contributed by atoms with van der Waals surface area (Å²) < 4.78 is 0.956. The molecule has 1 aromatic rings. The Labute approximate surface area is 116 Å². The van der Waals surface area contributed by atoms with Crippen LogP contribution < -0.4 is 0 Å². The lowest BCUT2D eigenvalue weighted by atomic mass is 10.1. The molecule has 0 saturated carbocycles. The van der Waals surface area contributed by atoms with Crippen LogP contribution in [0.4, 0.5) is 0 Å². The third-order valence-corrected chi connectivity index (χ3v) is 3.74. The monoisotopic (exact) mass is 317 g/mol. The highest BCUT2D eigenvalue weighted by Crippen LogP contribution is 2.21. The maximum Gasteiger partial charge on any atom is 0.254 e. The Bertz CT molecular complexity index is 406. The fourth-order valence-electron chi connectivity index (χ4n) is 1.68. The molecule has 0 aliphatic heterocycles.